The second-order valence-corrected chi connectivity index (χ2v) is 7.42. The summed E-state index contributed by atoms with van der Waals surface area (Å²) in [4.78, 5) is 4.70. The summed E-state index contributed by atoms with van der Waals surface area (Å²) in [7, 11) is -1.96. The van der Waals surface area contributed by atoms with E-state index in [1.54, 1.807) is 25.4 Å². The normalized spacial score (nSPS) is 14.4. The van der Waals surface area contributed by atoms with Gasteiger partial charge in [0.05, 0.1) is 22.7 Å². The molecule has 2 N–H and O–H groups in total. The molecular weight excluding hydrogens is 338 g/mol. The first-order valence-electron chi connectivity index (χ1n) is 7.88. The smallest absolute Gasteiger partial charge is 0.262 e. The molecule has 0 aliphatic carbocycles. The lowest BCUT2D eigenvalue weighted by Gasteiger charge is -2.24. The van der Waals surface area contributed by atoms with Crippen molar-refractivity contribution in [1.82, 2.24) is 4.98 Å². The minimum atomic E-state index is -3.61. The molecule has 1 aliphatic heterocycles. The number of rotatable bonds is 4. The van der Waals surface area contributed by atoms with Crippen molar-refractivity contribution in [2.24, 2.45) is 0 Å². The third-order valence-corrected chi connectivity index (χ3v) is 5.63. The quantitative estimate of drug-likeness (QED) is 0.703. The maximum absolute atomic E-state index is 12.6. The highest BCUT2D eigenvalue weighted by molar-refractivity contribution is 7.93. The Morgan fingerprint density at radius 2 is 2.00 bits per heavy atom. The first kappa shape index (κ1) is 15.9. The van der Waals surface area contributed by atoms with Gasteiger partial charge in [-0.25, -0.2) is 8.42 Å². The lowest BCUT2D eigenvalue weighted by atomic mass is 9.99. The molecule has 0 radical (unpaired) electrons. The molecule has 0 fully saturated rings. The first-order valence-corrected chi connectivity index (χ1v) is 9.37. The molecule has 0 saturated heterocycles. The molecule has 4 rings (SSSR count). The second-order valence-electron chi connectivity index (χ2n) is 5.77. The number of aromatic nitrogens is 1. The number of anilines is 2. The summed E-state index contributed by atoms with van der Waals surface area (Å²) in [6, 6.07) is 12.7. The van der Waals surface area contributed by atoms with Crippen molar-refractivity contribution < 1.29 is 13.2 Å². The summed E-state index contributed by atoms with van der Waals surface area (Å²) >= 11 is 0. The lowest BCUT2D eigenvalue weighted by molar-refractivity contribution is 0.211. The molecule has 0 atom stereocenters. The second kappa shape index (κ2) is 6.02. The zero-order valence-corrected chi connectivity index (χ0v) is 14.4. The van der Waals surface area contributed by atoms with Crippen molar-refractivity contribution in [3.05, 3.63) is 48.7 Å². The highest BCUT2D eigenvalue weighted by Gasteiger charge is 2.29. The molecule has 2 aromatic carbocycles. The summed E-state index contributed by atoms with van der Waals surface area (Å²) in [5.41, 5.74) is 3.54. The van der Waals surface area contributed by atoms with Crippen LogP contribution in [0, 0.1) is 0 Å². The lowest BCUT2D eigenvalue weighted by Crippen LogP contribution is -2.19. The van der Waals surface area contributed by atoms with Crippen molar-refractivity contribution in [3.8, 4) is 11.1 Å². The third-order valence-electron chi connectivity index (χ3n) is 4.22. The molecule has 0 spiro atoms. The van der Waals surface area contributed by atoms with Gasteiger partial charge < -0.3 is 10.1 Å². The first-order chi connectivity index (χ1) is 12.1. The van der Waals surface area contributed by atoms with Crippen LogP contribution in [0.3, 0.4) is 0 Å². The number of pyridine rings is 1. The van der Waals surface area contributed by atoms with Crippen LogP contribution < -0.4 is 10.0 Å². The predicted molar refractivity (Wildman–Crippen MR) is 98.4 cm³/mol. The van der Waals surface area contributed by atoms with E-state index in [9.17, 15) is 8.42 Å². The molecule has 0 amide bonds. The van der Waals surface area contributed by atoms with Crippen molar-refractivity contribution in [3.63, 3.8) is 0 Å². The number of fused-ring (bicyclic) bond motifs is 5. The summed E-state index contributed by atoms with van der Waals surface area (Å²) in [5, 5.41) is 4.21. The monoisotopic (exact) mass is 355 g/mol. The zero-order valence-electron chi connectivity index (χ0n) is 13.6. The van der Waals surface area contributed by atoms with Gasteiger partial charge in [-0.1, -0.05) is 18.2 Å². The van der Waals surface area contributed by atoms with Crippen molar-refractivity contribution >= 4 is 32.3 Å². The molecular formula is C18H17N3O3S. The van der Waals surface area contributed by atoms with Gasteiger partial charge in [0.1, 0.15) is 0 Å². The number of methoxy groups -OCH3 is 1. The van der Waals surface area contributed by atoms with Crippen LogP contribution >= 0.6 is 0 Å². The van der Waals surface area contributed by atoms with E-state index in [1.807, 2.05) is 30.3 Å². The molecule has 3 aromatic rings. The molecule has 0 bridgehead atoms. The molecule has 2 heterocycles. The molecule has 25 heavy (non-hydrogen) atoms. The van der Waals surface area contributed by atoms with Gasteiger partial charge in [-0.2, -0.15) is 0 Å². The van der Waals surface area contributed by atoms with Crippen molar-refractivity contribution in [1.29, 1.82) is 0 Å². The highest BCUT2D eigenvalue weighted by Crippen LogP contribution is 2.44. The Hall–Kier alpha value is -2.64. The maximum atomic E-state index is 12.6. The Kier molecular flexibility index (Phi) is 3.82. The van der Waals surface area contributed by atoms with Gasteiger partial charge in [0.15, 0.2) is 0 Å². The highest BCUT2D eigenvalue weighted by atomic mass is 32.2. The third kappa shape index (κ3) is 2.61. The standard InChI is InChI=1S/C18H17N3O3S/c1-24-10-9-19-15-11-14-12-5-2-3-7-16(12)25(22,23)21-18(14)17-13(15)6-4-8-20-17/h2-8,11,19,21H,9-10H2,1H3. The fourth-order valence-corrected chi connectivity index (χ4v) is 4.42. The van der Waals surface area contributed by atoms with Gasteiger partial charge >= 0.3 is 0 Å². The molecule has 1 aliphatic rings. The van der Waals surface area contributed by atoms with Crippen LogP contribution in [-0.4, -0.2) is 33.7 Å². The number of hydrogen-bond donors (Lipinski definition) is 2. The van der Waals surface area contributed by atoms with E-state index in [4.69, 9.17) is 4.74 Å². The molecule has 1 aromatic heterocycles. The van der Waals surface area contributed by atoms with Gasteiger partial charge in [0.2, 0.25) is 0 Å². The minimum Gasteiger partial charge on any atom is -0.383 e. The fourth-order valence-electron chi connectivity index (χ4n) is 3.11. The summed E-state index contributed by atoms with van der Waals surface area (Å²) < 4.78 is 33.0. The van der Waals surface area contributed by atoms with Crippen LogP contribution in [0.1, 0.15) is 0 Å². The summed E-state index contributed by atoms with van der Waals surface area (Å²) in [5.74, 6) is 0. The van der Waals surface area contributed by atoms with Gasteiger partial charge in [0, 0.05) is 42.1 Å². The van der Waals surface area contributed by atoms with Crippen LogP contribution in [0.15, 0.2) is 53.6 Å². The number of hydrogen-bond acceptors (Lipinski definition) is 5. The van der Waals surface area contributed by atoms with Crippen LogP contribution in [0.2, 0.25) is 0 Å². The number of sulfonamides is 1. The Bertz CT molecular complexity index is 1060. The zero-order chi connectivity index (χ0) is 17.4. The number of ether oxygens (including phenoxy) is 1. The van der Waals surface area contributed by atoms with Crippen LogP contribution in [0.5, 0.6) is 0 Å². The van der Waals surface area contributed by atoms with Gasteiger partial charge in [-0.05, 0) is 24.3 Å². The summed E-state index contributed by atoms with van der Waals surface area (Å²) in [6.07, 6.45) is 1.66. The van der Waals surface area contributed by atoms with E-state index in [1.165, 1.54) is 0 Å². The van der Waals surface area contributed by atoms with E-state index in [2.05, 4.69) is 15.0 Å². The molecule has 0 unspecified atom stereocenters. The number of nitrogens with zero attached hydrogens (tertiary/aromatic N) is 1. The molecule has 7 heteroatoms. The van der Waals surface area contributed by atoms with E-state index in [-0.39, 0.29) is 4.90 Å². The van der Waals surface area contributed by atoms with Crippen LogP contribution in [0.4, 0.5) is 11.4 Å². The van der Waals surface area contributed by atoms with Gasteiger partial charge in [-0.15, -0.1) is 0 Å². The van der Waals surface area contributed by atoms with E-state index in [0.717, 1.165) is 16.6 Å². The number of nitrogens with one attached hydrogen (secondary N) is 2. The molecule has 0 saturated carbocycles. The predicted octanol–water partition coefficient (Wildman–Crippen LogP) is 3.07. The minimum absolute atomic E-state index is 0.278. The molecule has 128 valence electrons. The van der Waals surface area contributed by atoms with Crippen LogP contribution in [-0.2, 0) is 14.8 Å². The topological polar surface area (TPSA) is 80.3 Å². The Morgan fingerprint density at radius 1 is 1.16 bits per heavy atom. The van der Waals surface area contributed by atoms with E-state index < -0.39 is 10.0 Å². The van der Waals surface area contributed by atoms with Gasteiger partial charge in [0.25, 0.3) is 10.0 Å². The summed E-state index contributed by atoms with van der Waals surface area (Å²) in [6.45, 7) is 1.22. The number of benzene rings is 2. The van der Waals surface area contributed by atoms with E-state index in [0.29, 0.717) is 29.9 Å². The SMILES string of the molecule is COCCNc1cc2c(c3ncccc13)NS(=O)(=O)c1ccccc1-2. The average molecular weight is 355 g/mol. The average Bonchev–Trinajstić information content (AvgIpc) is 2.63. The van der Waals surface area contributed by atoms with Crippen molar-refractivity contribution in [2.45, 2.75) is 4.90 Å². The fraction of sp³-hybridized carbons (Fsp3) is 0.167. The van der Waals surface area contributed by atoms with E-state index >= 15 is 0 Å². The largest absolute Gasteiger partial charge is 0.383 e. The Labute approximate surface area is 145 Å². The molecule has 6 nitrogen and oxygen atoms in total. The van der Waals surface area contributed by atoms with Gasteiger partial charge in [-0.3, -0.25) is 9.71 Å². The Morgan fingerprint density at radius 3 is 2.84 bits per heavy atom. The van der Waals surface area contributed by atoms with Crippen LogP contribution in [0.25, 0.3) is 22.0 Å². The Balaban J connectivity index is 1.99. The van der Waals surface area contributed by atoms with Crippen molar-refractivity contribution in [2.75, 3.05) is 30.3 Å². The maximum Gasteiger partial charge on any atom is 0.262 e.